The minimum Gasteiger partial charge on any atom is -0.297 e. The Balaban J connectivity index is 2.30. The zero-order valence-corrected chi connectivity index (χ0v) is 10.6. The molecule has 0 radical (unpaired) electrons. The summed E-state index contributed by atoms with van der Waals surface area (Å²) < 4.78 is 0.893. The molecule has 0 atom stereocenters. The van der Waals surface area contributed by atoms with E-state index >= 15 is 0 Å². The van der Waals surface area contributed by atoms with Crippen LogP contribution in [0, 0.1) is 0 Å². The molecule has 0 saturated carbocycles. The maximum Gasteiger partial charge on any atom is 0.306 e. The van der Waals surface area contributed by atoms with Crippen LogP contribution < -0.4 is 4.87 Å². The largest absolute Gasteiger partial charge is 0.306 e. The van der Waals surface area contributed by atoms with Gasteiger partial charge in [0.1, 0.15) is 0 Å². The smallest absolute Gasteiger partial charge is 0.297 e. The number of pyridine rings is 2. The lowest BCUT2D eigenvalue weighted by Crippen LogP contribution is -1.95. The third-order valence-corrected chi connectivity index (χ3v) is 3.63. The van der Waals surface area contributed by atoms with Crippen LogP contribution in [0.3, 0.4) is 0 Å². The van der Waals surface area contributed by atoms with E-state index in [4.69, 9.17) is 0 Å². The van der Waals surface area contributed by atoms with Crippen molar-refractivity contribution < 1.29 is 0 Å². The second kappa shape index (κ2) is 4.34. The van der Waals surface area contributed by atoms with E-state index in [1.807, 2.05) is 18.2 Å². The summed E-state index contributed by atoms with van der Waals surface area (Å²) >= 11 is 1.19. The summed E-state index contributed by atoms with van der Waals surface area (Å²) in [7, 11) is 0. The molecule has 3 rings (SSSR count). The van der Waals surface area contributed by atoms with Crippen LogP contribution in [0.15, 0.2) is 35.4 Å². The Morgan fingerprint density at radius 3 is 2.83 bits per heavy atom. The molecule has 18 heavy (non-hydrogen) atoms. The fraction of sp³-hybridized carbons (Fsp3) is 0.154. The van der Waals surface area contributed by atoms with Gasteiger partial charge in [0, 0.05) is 18.0 Å². The summed E-state index contributed by atoms with van der Waals surface area (Å²) in [5, 5.41) is 0. The zero-order valence-electron chi connectivity index (χ0n) is 9.80. The number of aryl methyl sites for hydroxylation is 1. The topological polar surface area (TPSA) is 58.6 Å². The van der Waals surface area contributed by atoms with E-state index in [1.54, 1.807) is 12.4 Å². The number of H-pyrrole nitrogens is 1. The highest BCUT2D eigenvalue weighted by Crippen LogP contribution is 2.26. The average Bonchev–Trinajstić information content (AvgIpc) is 2.77. The SMILES string of the molecule is CCc1nc2[nH]c(=O)sc2cc1-c1ccncc1. The van der Waals surface area contributed by atoms with Crippen molar-refractivity contribution in [1.29, 1.82) is 0 Å². The van der Waals surface area contributed by atoms with Gasteiger partial charge in [-0.15, -0.1) is 0 Å². The molecular weight excluding hydrogens is 246 g/mol. The van der Waals surface area contributed by atoms with Gasteiger partial charge in [-0.3, -0.25) is 14.8 Å². The first-order valence-corrected chi connectivity index (χ1v) is 6.52. The first-order valence-electron chi connectivity index (χ1n) is 5.71. The second-order valence-electron chi connectivity index (χ2n) is 3.93. The maximum absolute atomic E-state index is 11.3. The van der Waals surface area contributed by atoms with Crippen molar-refractivity contribution in [1.82, 2.24) is 15.0 Å². The molecule has 0 bridgehead atoms. The first kappa shape index (κ1) is 11.1. The minimum absolute atomic E-state index is 0.0635. The van der Waals surface area contributed by atoms with Gasteiger partial charge in [-0.2, -0.15) is 0 Å². The summed E-state index contributed by atoms with van der Waals surface area (Å²) in [6, 6.07) is 5.94. The lowest BCUT2D eigenvalue weighted by atomic mass is 10.0. The number of hydrogen-bond acceptors (Lipinski definition) is 4. The van der Waals surface area contributed by atoms with Gasteiger partial charge in [0.25, 0.3) is 0 Å². The van der Waals surface area contributed by atoms with E-state index < -0.39 is 0 Å². The number of hydrogen-bond donors (Lipinski definition) is 1. The van der Waals surface area contributed by atoms with Gasteiger partial charge in [0.05, 0.1) is 10.4 Å². The number of thiazole rings is 1. The number of rotatable bonds is 2. The molecule has 90 valence electrons. The van der Waals surface area contributed by atoms with E-state index in [0.717, 1.165) is 27.9 Å². The van der Waals surface area contributed by atoms with Crippen molar-refractivity contribution in [3.05, 3.63) is 46.0 Å². The summed E-state index contributed by atoms with van der Waals surface area (Å²) in [6.45, 7) is 2.06. The van der Waals surface area contributed by atoms with Crippen LogP contribution in [0.5, 0.6) is 0 Å². The fourth-order valence-corrected chi connectivity index (χ4v) is 2.69. The van der Waals surface area contributed by atoms with Gasteiger partial charge in [0.2, 0.25) is 0 Å². The molecular formula is C13H11N3OS. The van der Waals surface area contributed by atoms with E-state index in [0.29, 0.717) is 5.65 Å². The summed E-state index contributed by atoms with van der Waals surface area (Å²) in [5.74, 6) is 0. The van der Waals surface area contributed by atoms with E-state index in [9.17, 15) is 4.79 Å². The Bertz CT molecular complexity index is 746. The third kappa shape index (κ3) is 1.82. The molecule has 0 fully saturated rings. The third-order valence-electron chi connectivity index (χ3n) is 2.82. The molecule has 0 spiro atoms. The summed E-state index contributed by atoms with van der Waals surface area (Å²) in [5.41, 5.74) is 3.82. The van der Waals surface area contributed by atoms with Crippen LogP contribution in [0.25, 0.3) is 21.5 Å². The average molecular weight is 257 g/mol. The molecule has 0 aliphatic carbocycles. The molecule has 3 aromatic rings. The highest BCUT2D eigenvalue weighted by atomic mass is 32.1. The molecule has 3 aromatic heterocycles. The first-order chi connectivity index (χ1) is 8.78. The Morgan fingerprint density at radius 1 is 1.33 bits per heavy atom. The molecule has 5 heteroatoms. The Labute approximate surface area is 107 Å². The molecule has 0 unspecified atom stereocenters. The molecule has 0 saturated heterocycles. The number of nitrogens with one attached hydrogen (secondary N) is 1. The number of aromatic nitrogens is 3. The van der Waals surface area contributed by atoms with Gasteiger partial charge >= 0.3 is 4.87 Å². The normalized spacial score (nSPS) is 10.9. The molecule has 0 amide bonds. The van der Waals surface area contributed by atoms with Crippen molar-refractivity contribution in [2.24, 2.45) is 0 Å². The van der Waals surface area contributed by atoms with Crippen molar-refractivity contribution >= 4 is 21.7 Å². The highest BCUT2D eigenvalue weighted by Gasteiger charge is 2.09. The summed E-state index contributed by atoms with van der Waals surface area (Å²) in [6.07, 6.45) is 4.35. The van der Waals surface area contributed by atoms with Crippen LogP contribution in [-0.4, -0.2) is 15.0 Å². The molecule has 1 N–H and O–H groups in total. The highest BCUT2D eigenvalue weighted by molar-refractivity contribution is 7.16. The van der Waals surface area contributed by atoms with Gasteiger partial charge in [0.15, 0.2) is 5.65 Å². The van der Waals surface area contributed by atoms with Crippen LogP contribution in [-0.2, 0) is 6.42 Å². The van der Waals surface area contributed by atoms with Crippen molar-refractivity contribution in [2.75, 3.05) is 0 Å². The van der Waals surface area contributed by atoms with Gasteiger partial charge in [-0.25, -0.2) is 4.98 Å². The van der Waals surface area contributed by atoms with Gasteiger partial charge in [-0.05, 0) is 30.2 Å². The predicted molar refractivity (Wildman–Crippen MR) is 72.8 cm³/mol. The fourth-order valence-electron chi connectivity index (χ4n) is 1.97. The Kier molecular flexibility index (Phi) is 2.68. The quantitative estimate of drug-likeness (QED) is 0.767. The van der Waals surface area contributed by atoms with E-state index in [1.165, 1.54) is 11.3 Å². The Hall–Kier alpha value is -2.01. The molecule has 0 aromatic carbocycles. The van der Waals surface area contributed by atoms with E-state index in [-0.39, 0.29) is 4.87 Å². The minimum atomic E-state index is -0.0635. The number of nitrogens with zero attached hydrogens (tertiary/aromatic N) is 2. The van der Waals surface area contributed by atoms with Crippen LogP contribution in [0.1, 0.15) is 12.6 Å². The number of fused-ring (bicyclic) bond motifs is 1. The molecule has 0 aliphatic rings. The lowest BCUT2D eigenvalue weighted by Gasteiger charge is -2.06. The van der Waals surface area contributed by atoms with Crippen molar-refractivity contribution in [3.8, 4) is 11.1 Å². The Morgan fingerprint density at radius 2 is 2.11 bits per heavy atom. The maximum atomic E-state index is 11.3. The van der Waals surface area contributed by atoms with Crippen LogP contribution >= 0.6 is 11.3 Å². The van der Waals surface area contributed by atoms with Crippen LogP contribution in [0.4, 0.5) is 0 Å². The van der Waals surface area contributed by atoms with Crippen molar-refractivity contribution in [3.63, 3.8) is 0 Å². The monoisotopic (exact) mass is 257 g/mol. The molecule has 0 aliphatic heterocycles. The van der Waals surface area contributed by atoms with Gasteiger partial charge in [-0.1, -0.05) is 18.3 Å². The zero-order chi connectivity index (χ0) is 12.5. The lowest BCUT2D eigenvalue weighted by molar-refractivity contribution is 1.05. The molecule has 4 nitrogen and oxygen atoms in total. The number of aromatic amines is 1. The van der Waals surface area contributed by atoms with Crippen LogP contribution in [0.2, 0.25) is 0 Å². The van der Waals surface area contributed by atoms with Gasteiger partial charge < -0.3 is 0 Å². The summed E-state index contributed by atoms with van der Waals surface area (Å²) in [4.78, 5) is 22.6. The second-order valence-corrected chi connectivity index (χ2v) is 4.95. The molecule has 3 heterocycles. The van der Waals surface area contributed by atoms with Crippen molar-refractivity contribution in [2.45, 2.75) is 13.3 Å². The predicted octanol–water partition coefficient (Wildman–Crippen LogP) is 2.61. The van der Waals surface area contributed by atoms with E-state index in [2.05, 4.69) is 21.9 Å². The standard InChI is InChI=1S/C13H11N3OS/c1-2-10-9(8-3-5-14-6-4-8)7-11-12(15-10)16-13(17)18-11/h3-7H,2H2,1H3,(H,15,16,17).